The van der Waals surface area contributed by atoms with Crippen molar-refractivity contribution in [3.05, 3.63) is 81.9 Å². The smallest absolute Gasteiger partial charge is 0.280 e. The van der Waals surface area contributed by atoms with Crippen LogP contribution >= 0.6 is 0 Å². The first-order chi connectivity index (χ1) is 15.2. The summed E-state index contributed by atoms with van der Waals surface area (Å²) in [6.07, 6.45) is 8.46. The van der Waals surface area contributed by atoms with Gasteiger partial charge >= 0.3 is 0 Å². The highest BCUT2D eigenvalue weighted by Gasteiger charge is 2.25. The van der Waals surface area contributed by atoms with Gasteiger partial charge < -0.3 is 9.64 Å². The highest BCUT2D eigenvalue weighted by Crippen LogP contribution is 2.38. The Morgan fingerprint density at radius 2 is 1.94 bits per heavy atom. The van der Waals surface area contributed by atoms with Crippen LogP contribution in [0.2, 0.25) is 0 Å². The number of benzene rings is 1. The van der Waals surface area contributed by atoms with Crippen molar-refractivity contribution in [2.24, 2.45) is 0 Å². The van der Waals surface area contributed by atoms with Gasteiger partial charge in [-0.25, -0.2) is 9.67 Å². The zero-order chi connectivity index (χ0) is 21.6. The molecule has 0 saturated carbocycles. The van der Waals surface area contributed by atoms with E-state index in [1.54, 1.807) is 12.3 Å². The monoisotopic (exact) mass is 416 g/mol. The Kier molecular flexibility index (Phi) is 6.39. The van der Waals surface area contributed by atoms with E-state index in [0.717, 1.165) is 55.8 Å². The third-order valence-electron chi connectivity index (χ3n) is 5.31. The van der Waals surface area contributed by atoms with Crippen LogP contribution in [0.1, 0.15) is 50.8 Å². The van der Waals surface area contributed by atoms with E-state index in [1.165, 1.54) is 4.68 Å². The Labute approximate surface area is 182 Å². The lowest BCUT2D eigenvalue weighted by Crippen LogP contribution is -2.20. The maximum absolute atomic E-state index is 13.2. The molecular formula is C25H28N4O2. The van der Waals surface area contributed by atoms with Crippen LogP contribution in [0, 0.1) is 0 Å². The molecule has 0 spiro atoms. The van der Waals surface area contributed by atoms with Gasteiger partial charge in [-0.05, 0) is 43.5 Å². The van der Waals surface area contributed by atoms with E-state index < -0.39 is 0 Å². The molecule has 0 fully saturated rings. The summed E-state index contributed by atoms with van der Waals surface area (Å²) in [6.45, 7) is 5.12. The molecule has 0 amide bonds. The number of aromatic amines is 1. The summed E-state index contributed by atoms with van der Waals surface area (Å²) in [5.41, 5.74) is 5.66. The van der Waals surface area contributed by atoms with E-state index in [0.29, 0.717) is 17.3 Å². The van der Waals surface area contributed by atoms with Gasteiger partial charge in [-0.15, -0.1) is 0 Å². The lowest BCUT2D eigenvalue weighted by molar-refractivity contribution is 0.440. The number of rotatable bonds is 8. The fourth-order valence-corrected chi connectivity index (χ4v) is 3.76. The van der Waals surface area contributed by atoms with Gasteiger partial charge in [0.1, 0.15) is 0 Å². The highest BCUT2D eigenvalue weighted by atomic mass is 16.5. The van der Waals surface area contributed by atoms with Crippen LogP contribution in [-0.2, 0) is 6.42 Å². The standard InChI is InChI=1S/C25H28N4O2/c1-3-5-6-11-20-19(25(30)29(27-20)23-14-9-10-17-26-23)15-16-24-28(18-4-2)21-12-7-8-13-22(21)31-24/h7-10,12-15,17,27H,3-6,11,18H2,1-2H3. The van der Waals surface area contributed by atoms with Crippen molar-refractivity contribution in [3.8, 4) is 11.6 Å². The number of pyridine rings is 1. The fourth-order valence-electron chi connectivity index (χ4n) is 3.76. The lowest BCUT2D eigenvalue weighted by Gasteiger charge is -2.15. The van der Waals surface area contributed by atoms with E-state index in [1.807, 2.05) is 42.5 Å². The maximum atomic E-state index is 13.2. The molecule has 4 rings (SSSR count). The van der Waals surface area contributed by atoms with E-state index >= 15 is 0 Å². The van der Waals surface area contributed by atoms with Gasteiger partial charge in [0.15, 0.2) is 11.6 Å². The van der Waals surface area contributed by atoms with Gasteiger partial charge in [0.2, 0.25) is 5.88 Å². The Morgan fingerprint density at radius 3 is 2.71 bits per heavy atom. The molecular weight excluding hydrogens is 388 g/mol. The van der Waals surface area contributed by atoms with Crippen LogP contribution in [0.4, 0.5) is 5.69 Å². The highest BCUT2D eigenvalue weighted by molar-refractivity contribution is 5.67. The number of hydrogen-bond acceptors (Lipinski definition) is 4. The number of hydrogen-bond donors (Lipinski definition) is 1. The topological polar surface area (TPSA) is 63.1 Å². The van der Waals surface area contributed by atoms with E-state index in [-0.39, 0.29) is 5.56 Å². The van der Waals surface area contributed by atoms with Crippen LogP contribution < -0.4 is 15.2 Å². The molecule has 3 aromatic rings. The molecule has 0 saturated heterocycles. The molecule has 1 aromatic carbocycles. The first-order valence-corrected chi connectivity index (χ1v) is 11.0. The number of aryl methyl sites for hydroxylation is 1. The van der Waals surface area contributed by atoms with E-state index in [4.69, 9.17) is 4.74 Å². The minimum Gasteiger partial charge on any atom is -0.432 e. The summed E-state index contributed by atoms with van der Waals surface area (Å²) in [4.78, 5) is 19.6. The average molecular weight is 417 g/mol. The second kappa shape index (κ2) is 9.54. The summed E-state index contributed by atoms with van der Waals surface area (Å²) in [5.74, 6) is 2.01. The van der Waals surface area contributed by atoms with E-state index in [2.05, 4.69) is 34.6 Å². The van der Waals surface area contributed by atoms with Crippen molar-refractivity contribution in [3.63, 3.8) is 0 Å². The molecule has 0 bridgehead atoms. The molecule has 6 nitrogen and oxygen atoms in total. The minimum absolute atomic E-state index is 0.129. The zero-order valence-corrected chi connectivity index (χ0v) is 18.1. The van der Waals surface area contributed by atoms with Gasteiger partial charge in [-0.1, -0.05) is 50.6 Å². The number of H-pyrrole nitrogens is 1. The fraction of sp³-hybridized carbons (Fsp3) is 0.320. The van der Waals surface area contributed by atoms with Crippen LogP contribution in [0.15, 0.2) is 65.1 Å². The molecule has 0 radical (unpaired) electrons. The lowest BCUT2D eigenvalue weighted by atomic mass is 10.1. The third kappa shape index (κ3) is 4.35. The maximum Gasteiger partial charge on any atom is 0.280 e. The number of unbranched alkanes of at least 4 members (excludes halogenated alkanes) is 2. The number of para-hydroxylation sites is 2. The quantitative estimate of drug-likeness (QED) is 0.412. The second-order valence-electron chi connectivity index (χ2n) is 7.60. The number of aromatic nitrogens is 3. The average Bonchev–Trinajstić information content (AvgIpc) is 3.31. The van der Waals surface area contributed by atoms with Crippen molar-refractivity contribution >= 4 is 11.8 Å². The predicted molar refractivity (Wildman–Crippen MR) is 124 cm³/mol. The molecule has 1 aliphatic heterocycles. The summed E-state index contributed by atoms with van der Waals surface area (Å²) < 4.78 is 7.54. The molecule has 160 valence electrons. The van der Waals surface area contributed by atoms with Gasteiger partial charge in [0.25, 0.3) is 5.56 Å². The summed E-state index contributed by atoms with van der Waals surface area (Å²) in [6, 6.07) is 13.5. The SMILES string of the molecule is CCCCCc1[nH]n(-c2ccccn2)c(=O)c1C=C=C1Oc2ccccc2N1CCC. The first kappa shape index (κ1) is 20.8. The molecule has 3 heterocycles. The van der Waals surface area contributed by atoms with Crippen LogP contribution in [0.3, 0.4) is 0 Å². The summed E-state index contributed by atoms with van der Waals surface area (Å²) in [5, 5.41) is 3.26. The number of nitrogens with zero attached hydrogens (tertiary/aromatic N) is 3. The predicted octanol–water partition coefficient (Wildman–Crippen LogP) is 5.06. The van der Waals surface area contributed by atoms with Gasteiger partial charge in [0.05, 0.1) is 11.3 Å². The van der Waals surface area contributed by atoms with Crippen molar-refractivity contribution < 1.29 is 4.74 Å². The van der Waals surface area contributed by atoms with Gasteiger partial charge in [-0.3, -0.25) is 9.89 Å². The molecule has 0 atom stereocenters. The van der Waals surface area contributed by atoms with Crippen molar-refractivity contribution in [1.82, 2.24) is 14.8 Å². The van der Waals surface area contributed by atoms with E-state index in [9.17, 15) is 4.79 Å². The Morgan fingerprint density at radius 1 is 1.10 bits per heavy atom. The molecule has 2 aromatic heterocycles. The third-order valence-corrected chi connectivity index (χ3v) is 5.31. The normalized spacial score (nSPS) is 12.5. The number of nitrogens with one attached hydrogen (secondary N) is 1. The summed E-state index contributed by atoms with van der Waals surface area (Å²) in [7, 11) is 0. The minimum atomic E-state index is -0.129. The molecule has 0 unspecified atom stereocenters. The Bertz CT molecular complexity index is 1150. The molecule has 1 aliphatic rings. The second-order valence-corrected chi connectivity index (χ2v) is 7.60. The molecule has 31 heavy (non-hydrogen) atoms. The molecule has 6 heteroatoms. The van der Waals surface area contributed by atoms with Crippen molar-refractivity contribution in [1.29, 1.82) is 0 Å². The van der Waals surface area contributed by atoms with Crippen molar-refractivity contribution in [2.45, 2.75) is 46.0 Å². The number of fused-ring (bicyclic) bond motifs is 1. The Balaban J connectivity index is 1.75. The largest absolute Gasteiger partial charge is 0.432 e. The summed E-state index contributed by atoms with van der Waals surface area (Å²) >= 11 is 0. The Hall–Kier alpha value is -3.50. The first-order valence-electron chi connectivity index (χ1n) is 11.0. The molecule has 1 N–H and O–H groups in total. The van der Waals surface area contributed by atoms with Crippen LogP contribution in [0.25, 0.3) is 11.9 Å². The van der Waals surface area contributed by atoms with Crippen LogP contribution in [-0.4, -0.2) is 21.3 Å². The van der Waals surface area contributed by atoms with Crippen molar-refractivity contribution in [2.75, 3.05) is 11.4 Å². The number of ether oxygens (including phenoxy) is 1. The van der Waals surface area contributed by atoms with Crippen LogP contribution in [0.5, 0.6) is 5.75 Å². The van der Waals surface area contributed by atoms with Gasteiger partial charge in [-0.2, -0.15) is 0 Å². The van der Waals surface area contributed by atoms with Gasteiger partial charge in [0, 0.05) is 24.5 Å². The zero-order valence-electron chi connectivity index (χ0n) is 18.1. The number of anilines is 1. The molecule has 0 aliphatic carbocycles.